The summed E-state index contributed by atoms with van der Waals surface area (Å²) >= 11 is 7.73. The molecule has 1 saturated carbocycles. The predicted octanol–water partition coefficient (Wildman–Crippen LogP) is 4.42. The van der Waals surface area contributed by atoms with Gasteiger partial charge in [0.1, 0.15) is 0 Å². The molecule has 1 aromatic heterocycles. The molecule has 0 spiro atoms. The first-order chi connectivity index (χ1) is 9.76. The molecule has 1 fully saturated rings. The first-order valence-corrected chi connectivity index (χ1v) is 8.22. The molecule has 0 radical (unpaired) electrons. The van der Waals surface area contributed by atoms with E-state index in [1.807, 2.05) is 6.07 Å². The van der Waals surface area contributed by atoms with Gasteiger partial charge in [0.2, 0.25) is 0 Å². The molecule has 1 aliphatic rings. The molecule has 106 valence electrons. The molecule has 1 atom stereocenters. The van der Waals surface area contributed by atoms with Gasteiger partial charge in [0.05, 0.1) is 10.4 Å². The zero-order valence-corrected chi connectivity index (χ0v) is 12.9. The van der Waals surface area contributed by atoms with Gasteiger partial charge >= 0.3 is 0 Å². The highest BCUT2D eigenvalue weighted by atomic mass is 35.5. The highest BCUT2D eigenvalue weighted by Crippen LogP contribution is 2.50. The van der Waals surface area contributed by atoms with Crippen LogP contribution in [0.3, 0.4) is 0 Å². The Morgan fingerprint density at radius 2 is 1.80 bits per heavy atom. The Balaban J connectivity index is 2.05. The predicted molar refractivity (Wildman–Crippen MR) is 86.0 cm³/mol. The van der Waals surface area contributed by atoms with Crippen LogP contribution in [0.4, 0.5) is 0 Å². The van der Waals surface area contributed by atoms with Crippen molar-refractivity contribution in [2.24, 2.45) is 5.84 Å². The van der Waals surface area contributed by atoms with Gasteiger partial charge in [0.15, 0.2) is 0 Å². The van der Waals surface area contributed by atoms with Gasteiger partial charge in [-0.25, -0.2) is 0 Å². The average molecular weight is 307 g/mol. The van der Waals surface area contributed by atoms with Gasteiger partial charge in [-0.3, -0.25) is 11.3 Å². The molecule has 3 N–H and O–H groups in total. The second-order valence-corrected chi connectivity index (χ2v) is 7.22. The van der Waals surface area contributed by atoms with Crippen LogP contribution in [0.2, 0.25) is 4.34 Å². The lowest BCUT2D eigenvalue weighted by Gasteiger charge is -2.37. The first-order valence-electron chi connectivity index (χ1n) is 7.03. The van der Waals surface area contributed by atoms with Crippen molar-refractivity contribution in [3.8, 4) is 0 Å². The Bertz CT molecular complexity index is 561. The Morgan fingerprint density at radius 3 is 2.35 bits per heavy atom. The number of hydrogen-bond acceptors (Lipinski definition) is 3. The Labute approximate surface area is 128 Å². The Hall–Kier alpha value is -0.870. The molecule has 1 aliphatic carbocycles. The van der Waals surface area contributed by atoms with E-state index in [1.54, 1.807) is 11.3 Å². The molecule has 2 aromatic rings. The van der Waals surface area contributed by atoms with Gasteiger partial charge in [0, 0.05) is 10.3 Å². The van der Waals surface area contributed by atoms with Crippen LogP contribution < -0.4 is 11.3 Å². The number of hydrogen-bond donors (Lipinski definition) is 2. The standard InChI is InChI=1S/C16H19ClN2S/c17-14-9-8-13(20-14)15(19-18)16(10-4-5-11-16)12-6-2-1-3-7-12/h1-3,6-9,15,19H,4-5,10-11,18H2. The van der Waals surface area contributed by atoms with Crippen LogP contribution in [-0.4, -0.2) is 0 Å². The van der Waals surface area contributed by atoms with E-state index in [-0.39, 0.29) is 11.5 Å². The van der Waals surface area contributed by atoms with Crippen molar-refractivity contribution in [1.29, 1.82) is 0 Å². The van der Waals surface area contributed by atoms with E-state index >= 15 is 0 Å². The summed E-state index contributed by atoms with van der Waals surface area (Å²) in [5, 5.41) is 0. The molecule has 0 aliphatic heterocycles. The van der Waals surface area contributed by atoms with E-state index in [2.05, 4.69) is 41.8 Å². The average Bonchev–Trinajstić information content (AvgIpc) is 3.12. The van der Waals surface area contributed by atoms with Crippen LogP contribution in [0.1, 0.15) is 42.2 Å². The molecule has 0 amide bonds. The van der Waals surface area contributed by atoms with Gasteiger partial charge in [-0.05, 0) is 30.5 Å². The minimum Gasteiger partial charge on any atom is -0.271 e. The summed E-state index contributed by atoms with van der Waals surface area (Å²) in [6.45, 7) is 0. The molecule has 1 heterocycles. The largest absolute Gasteiger partial charge is 0.271 e. The fraction of sp³-hybridized carbons (Fsp3) is 0.375. The lowest BCUT2D eigenvalue weighted by molar-refractivity contribution is 0.307. The SMILES string of the molecule is NNC(c1ccc(Cl)s1)C1(c2ccccc2)CCCC1. The monoisotopic (exact) mass is 306 g/mol. The number of rotatable bonds is 4. The molecule has 0 saturated heterocycles. The van der Waals surface area contributed by atoms with Crippen molar-refractivity contribution in [3.63, 3.8) is 0 Å². The molecule has 3 rings (SSSR count). The number of benzene rings is 1. The fourth-order valence-electron chi connectivity index (χ4n) is 3.52. The normalized spacial score (nSPS) is 19.1. The van der Waals surface area contributed by atoms with E-state index in [9.17, 15) is 0 Å². The molecular formula is C16H19ClN2S. The highest BCUT2D eigenvalue weighted by molar-refractivity contribution is 7.16. The number of halogens is 1. The third-order valence-electron chi connectivity index (χ3n) is 4.44. The van der Waals surface area contributed by atoms with Crippen LogP contribution in [0.5, 0.6) is 0 Å². The molecule has 0 bridgehead atoms. The third kappa shape index (κ3) is 2.40. The summed E-state index contributed by atoms with van der Waals surface area (Å²) in [7, 11) is 0. The number of nitrogens with one attached hydrogen (secondary N) is 1. The lowest BCUT2D eigenvalue weighted by Crippen LogP contribution is -2.42. The zero-order chi connectivity index (χ0) is 14.0. The Kier molecular flexibility index (Phi) is 4.13. The van der Waals surface area contributed by atoms with Gasteiger partial charge in [-0.1, -0.05) is 54.8 Å². The molecule has 1 unspecified atom stereocenters. The zero-order valence-electron chi connectivity index (χ0n) is 11.3. The van der Waals surface area contributed by atoms with E-state index in [0.29, 0.717) is 0 Å². The summed E-state index contributed by atoms with van der Waals surface area (Å²) in [5.74, 6) is 5.93. The summed E-state index contributed by atoms with van der Waals surface area (Å²) in [6, 6.07) is 14.9. The van der Waals surface area contributed by atoms with Crippen molar-refractivity contribution in [2.45, 2.75) is 37.1 Å². The highest BCUT2D eigenvalue weighted by Gasteiger charge is 2.43. The van der Waals surface area contributed by atoms with E-state index in [4.69, 9.17) is 17.4 Å². The van der Waals surface area contributed by atoms with Crippen LogP contribution in [0, 0.1) is 0 Å². The van der Waals surface area contributed by atoms with Gasteiger partial charge in [-0.15, -0.1) is 11.3 Å². The van der Waals surface area contributed by atoms with Crippen LogP contribution in [-0.2, 0) is 5.41 Å². The van der Waals surface area contributed by atoms with E-state index in [1.165, 1.54) is 36.1 Å². The summed E-state index contributed by atoms with van der Waals surface area (Å²) in [6.07, 6.45) is 4.85. The van der Waals surface area contributed by atoms with Crippen molar-refractivity contribution in [1.82, 2.24) is 5.43 Å². The number of thiophene rings is 1. The van der Waals surface area contributed by atoms with E-state index in [0.717, 1.165) is 4.34 Å². The maximum atomic E-state index is 6.11. The molecule has 2 nitrogen and oxygen atoms in total. The summed E-state index contributed by atoms with van der Waals surface area (Å²) in [5.41, 5.74) is 4.53. The van der Waals surface area contributed by atoms with Crippen molar-refractivity contribution in [3.05, 3.63) is 57.2 Å². The minimum atomic E-state index is 0.0875. The van der Waals surface area contributed by atoms with Gasteiger partial charge in [-0.2, -0.15) is 0 Å². The molecule has 1 aromatic carbocycles. The second kappa shape index (κ2) is 5.86. The smallest absolute Gasteiger partial charge is 0.0931 e. The maximum Gasteiger partial charge on any atom is 0.0931 e. The van der Waals surface area contributed by atoms with E-state index < -0.39 is 0 Å². The lowest BCUT2D eigenvalue weighted by atomic mass is 9.72. The second-order valence-electron chi connectivity index (χ2n) is 5.47. The fourth-order valence-corrected chi connectivity index (χ4v) is 4.76. The van der Waals surface area contributed by atoms with Crippen molar-refractivity contribution >= 4 is 22.9 Å². The van der Waals surface area contributed by atoms with Crippen molar-refractivity contribution in [2.75, 3.05) is 0 Å². The topological polar surface area (TPSA) is 38.0 Å². The van der Waals surface area contributed by atoms with Crippen LogP contribution in [0.15, 0.2) is 42.5 Å². The maximum absolute atomic E-state index is 6.11. The van der Waals surface area contributed by atoms with Crippen molar-refractivity contribution < 1.29 is 0 Å². The molecular weight excluding hydrogens is 288 g/mol. The molecule has 20 heavy (non-hydrogen) atoms. The minimum absolute atomic E-state index is 0.0875. The number of nitrogens with two attached hydrogens (primary N) is 1. The van der Waals surface area contributed by atoms with Gasteiger partial charge < -0.3 is 0 Å². The van der Waals surface area contributed by atoms with Gasteiger partial charge in [0.25, 0.3) is 0 Å². The van der Waals surface area contributed by atoms with Crippen LogP contribution >= 0.6 is 22.9 Å². The quantitative estimate of drug-likeness (QED) is 0.648. The molecule has 4 heteroatoms. The van der Waals surface area contributed by atoms with Crippen LogP contribution in [0.25, 0.3) is 0 Å². The summed E-state index contributed by atoms with van der Waals surface area (Å²) in [4.78, 5) is 1.23. The Morgan fingerprint density at radius 1 is 1.10 bits per heavy atom. The summed E-state index contributed by atoms with van der Waals surface area (Å²) < 4.78 is 0.821. The number of hydrazine groups is 1. The third-order valence-corrected chi connectivity index (χ3v) is 5.74. The first kappa shape index (κ1) is 14.1.